The number of amides is 1. The zero-order valence-corrected chi connectivity index (χ0v) is 44.6. The Hall–Kier alpha value is -10.5. The molecule has 18 nitrogen and oxygen atoms in total. The van der Waals surface area contributed by atoms with E-state index in [0.717, 1.165) is 22.6 Å². The van der Waals surface area contributed by atoms with Gasteiger partial charge in [-0.15, -0.1) is 0 Å². The molecule has 7 aromatic carbocycles. The second-order valence-electron chi connectivity index (χ2n) is 19.6. The number of likely N-dealkylation sites (N-methyl/N-ethyl adjacent to an activating group) is 1. The van der Waals surface area contributed by atoms with Crippen molar-refractivity contribution in [2.45, 2.75) is 26.2 Å². The van der Waals surface area contributed by atoms with Gasteiger partial charge in [0.2, 0.25) is 0 Å². The molecule has 2 aliphatic heterocycles. The van der Waals surface area contributed by atoms with E-state index < -0.39 is 34.6 Å². The number of benzene rings is 7. The van der Waals surface area contributed by atoms with Crippen LogP contribution in [0.5, 0.6) is 34.5 Å². The monoisotopic (exact) mass is 1090 g/mol. The molecule has 11 rings (SSSR count). The summed E-state index contributed by atoms with van der Waals surface area (Å²) < 4.78 is 27.7. The van der Waals surface area contributed by atoms with Crippen LogP contribution in [-0.4, -0.2) is 91.5 Å². The van der Waals surface area contributed by atoms with E-state index in [9.17, 15) is 39.0 Å². The Morgan fingerprint density at radius 1 is 0.593 bits per heavy atom. The number of allylic oxidation sites excluding steroid dienone is 3. The molecular weight excluding hydrogens is 1030 g/mol. The van der Waals surface area contributed by atoms with E-state index in [1.165, 1.54) is 48.5 Å². The lowest BCUT2D eigenvalue weighted by molar-refractivity contribution is -0.114. The number of para-hydroxylation sites is 1. The number of anilines is 4. The first-order valence-electron chi connectivity index (χ1n) is 25.5. The van der Waals surface area contributed by atoms with Gasteiger partial charge in [-0.05, 0) is 79.2 Å². The van der Waals surface area contributed by atoms with Crippen LogP contribution in [0.2, 0.25) is 0 Å². The maximum Gasteiger partial charge on any atom is 0.337 e. The average Bonchev–Trinajstić information content (AvgIpc) is 3.63. The molecule has 0 saturated carbocycles. The Balaban J connectivity index is 0.000000203. The summed E-state index contributed by atoms with van der Waals surface area (Å²) in [6.07, 6.45) is 3.81. The number of fused-ring (bicyclic) bond motifs is 5. The lowest BCUT2D eigenvalue weighted by Gasteiger charge is -2.23. The number of nitrogens with two attached hydrogens (primary N) is 2. The summed E-state index contributed by atoms with van der Waals surface area (Å²) in [6, 6.07) is 36.8. The number of ether oxygens (including phenoxy) is 5. The zero-order valence-electron chi connectivity index (χ0n) is 44.6. The van der Waals surface area contributed by atoms with Gasteiger partial charge in [0, 0.05) is 58.2 Å². The first-order chi connectivity index (χ1) is 38.9. The fourth-order valence-corrected chi connectivity index (χ4v) is 10.2. The van der Waals surface area contributed by atoms with Gasteiger partial charge in [-0.25, -0.2) is 4.79 Å². The maximum atomic E-state index is 13.1. The van der Waals surface area contributed by atoms with Crippen molar-refractivity contribution in [2.75, 3.05) is 62.0 Å². The van der Waals surface area contributed by atoms with Gasteiger partial charge >= 0.3 is 5.97 Å². The van der Waals surface area contributed by atoms with E-state index in [0.29, 0.717) is 28.3 Å². The third-order valence-electron chi connectivity index (χ3n) is 14.3. The standard InChI is InChI=1S/C38H28N2O10.C25H25N3O3/c39-33-27(17-25(41)29-31(33)37(45)23-7-3-1-5-21(23)35(29)43)49-15-13-47-19-9-11-20(12-10-19)48-14-16-50-28-18-26(42)30-32(34(28)40)38(46)24-8-4-2-6-22(24)36(30)44;1-16-19(23(29)28(26-16)18-9-7-6-8-10-18)12-14-22-25(2,3)20-15-17(24(30)31-5)11-13-21(20)27(22)4/h1-12,17-18,41-42H,13-16,39-40H2;6-15H,1-5H3/b;19-12+,22-14-. The van der Waals surface area contributed by atoms with Gasteiger partial charge in [0.1, 0.15) is 60.9 Å². The first-order valence-corrected chi connectivity index (χ1v) is 25.5. The number of rotatable bonds is 13. The molecular formula is C63H53N5O13. The van der Waals surface area contributed by atoms with Crippen LogP contribution in [0.4, 0.5) is 22.7 Å². The summed E-state index contributed by atoms with van der Waals surface area (Å²) in [5.41, 5.74) is 17.9. The minimum absolute atomic E-state index is 0.0182. The van der Waals surface area contributed by atoms with E-state index in [-0.39, 0.29) is 111 Å². The summed E-state index contributed by atoms with van der Waals surface area (Å²) in [5, 5.41) is 27.0. The number of hydrogen-bond acceptors (Lipinski definition) is 17. The molecule has 0 fully saturated rings. The highest BCUT2D eigenvalue weighted by Gasteiger charge is 2.40. The van der Waals surface area contributed by atoms with E-state index in [1.54, 1.807) is 54.6 Å². The summed E-state index contributed by atoms with van der Waals surface area (Å²) in [6.45, 7) is 6.27. The smallest absolute Gasteiger partial charge is 0.337 e. The van der Waals surface area contributed by atoms with Crippen molar-refractivity contribution in [2.24, 2.45) is 5.10 Å². The van der Waals surface area contributed by atoms with E-state index >= 15 is 0 Å². The van der Waals surface area contributed by atoms with Crippen LogP contribution in [0, 0.1) is 0 Å². The minimum atomic E-state index is -0.489. The molecule has 2 heterocycles. The molecule has 0 spiro atoms. The molecule has 0 saturated heterocycles. The highest BCUT2D eigenvalue weighted by atomic mass is 16.5. The van der Waals surface area contributed by atoms with Gasteiger partial charge < -0.3 is 50.3 Å². The number of hydrogen-bond donors (Lipinski definition) is 4. The lowest BCUT2D eigenvalue weighted by Crippen LogP contribution is -2.23. The van der Waals surface area contributed by atoms with Gasteiger partial charge in [0.05, 0.1) is 63.3 Å². The SMILES string of the molecule is COC(=O)c1ccc2c(c1)C(C)(C)/C(=C/C=C1/C(=O)N(c3ccccc3)N=C1C)N2C.Nc1c(OCCOc2ccc(OCCOc3cc(O)c4c(c3N)C(=O)c3ccccc3C4=O)cc2)cc(O)c2c1C(=O)c1ccccc1C2=O. The molecule has 18 heteroatoms. The Bertz CT molecular complexity index is 3720. The number of ketones is 4. The zero-order chi connectivity index (χ0) is 57.4. The number of nitrogen functional groups attached to an aromatic ring is 2. The highest BCUT2D eigenvalue weighted by molar-refractivity contribution is 6.33. The van der Waals surface area contributed by atoms with Crippen molar-refractivity contribution in [1.82, 2.24) is 0 Å². The quantitative estimate of drug-likeness (QED) is 0.0276. The molecule has 0 radical (unpaired) electrons. The molecule has 2 aliphatic carbocycles. The number of methoxy groups -OCH3 is 1. The Morgan fingerprint density at radius 3 is 1.51 bits per heavy atom. The van der Waals surface area contributed by atoms with E-state index in [2.05, 4.69) is 23.8 Å². The Kier molecular flexibility index (Phi) is 14.5. The topological polar surface area (TPSA) is 260 Å². The van der Waals surface area contributed by atoms with Crippen LogP contribution in [-0.2, 0) is 14.9 Å². The molecule has 1 amide bonds. The molecule has 7 aromatic rings. The van der Waals surface area contributed by atoms with Crippen LogP contribution in [0.15, 0.2) is 162 Å². The summed E-state index contributed by atoms with van der Waals surface area (Å²) >= 11 is 0. The highest BCUT2D eigenvalue weighted by Crippen LogP contribution is 2.48. The van der Waals surface area contributed by atoms with Gasteiger partial charge in [-0.3, -0.25) is 24.0 Å². The van der Waals surface area contributed by atoms with Crippen molar-refractivity contribution in [3.8, 4) is 34.5 Å². The molecule has 0 bridgehead atoms. The van der Waals surface area contributed by atoms with Crippen LogP contribution in [0.1, 0.15) is 100 Å². The van der Waals surface area contributed by atoms with Gasteiger partial charge in [0.25, 0.3) is 5.91 Å². The number of nitrogens with zero attached hydrogens (tertiary/aromatic N) is 3. The van der Waals surface area contributed by atoms with Crippen molar-refractivity contribution in [1.29, 1.82) is 0 Å². The van der Waals surface area contributed by atoms with E-state index in [4.69, 9.17) is 35.2 Å². The van der Waals surface area contributed by atoms with Crippen LogP contribution < -0.4 is 40.3 Å². The predicted octanol–water partition coefficient (Wildman–Crippen LogP) is 9.16. The van der Waals surface area contributed by atoms with Crippen molar-refractivity contribution >= 4 is 63.5 Å². The Labute approximate surface area is 464 Å². The molecule has 0 aromatic heterocycles. The second-order valence-corrected chi connectivity index (χ2v) is 19.6. The largest absolute Gasteiger partial charge is 0.507 e. The van der Waals surface area contributed by atoms with Crippen LogP contribution in [0.3, 0.4) is 0 Å². The fraction of sp³-hybridized carbons (Fsp3) is 0.159. The van der Waals surface area contributed by atoms with Gasteiger partial charge in [-0.2, -0.15) is 10.1 Å². The summed E-state index contributed by atoms with van der Waals surface area (Å²) in [7, 11) is 3.37. The van der Waals surface area contributed by atoms with Gasteiger partial charge in [0.15, 0.2) is 23.1 Å². The molecule has 81 heavy (non-hydrogen) atoms. The number of carbonyl (C=O) groups excluding carboxylic acids is 6. The molecule has 6 N–H and O–H groups in total. The third-order valence-corrected chi connectivity index (χ3v) is 14.3. The molecule has 0 atom stereocenters. The van der Waals surface area contributed by atoms with Crippen molar-refractivity contribution in [3.05, 3.63) is 213 Å². The lowest BCUT2D eigenvalue weighted by atomic mass is 9.82. The summed E-state index contributed by atoms with van der Waals surface area (Å²) in [4.78, 5) is 79.2. The molecule has 4 aliphatic rings. The molecule has 408 valence electrons. The fourth-order valence-electron chi connectivity index (χ4n) is 10.2. The summed E-state index contributed by atoms with van der Waals surface area (Å²) in [5.74, 6) is -2.11. The average molecular weight is 1090 g/mol. The van der Waals surface area contributed by atoms with Crippen molar-refractivity contribution < 1.29 is 62.7 Å². The number of carbonyl (C=O) groups is 6. The third kappa shape index (κ3) is 9.83. The van der Waals surface area contributed by atoms with Gasteiger partial charge in [-0.1, -0.05) is 80.6 Å². The maximum absolute atomic E-state index is 13.1. The first kappa shape index (κ1) is 53.9. The number of aromatic hydroxyl groups is 2. The van der Waals surface area contributed by atoms with Crippen molar-refractivity contribution in [3.63, 3.8) is 0 Å². The number of phenolic OH excluding ortho intramolecular Hbond substituents is 2. The van der Waals surface area contributed by atoms with Crippen LogP contribution >= 0.6 is 0 Å². The second kappa shape index (κ2) is 21.7. The number of hydrazone groups is 1. The van der Waals surface area contributed by atoms with E-state index in [1.807, 2.05) is 68.6 Å². The number of esters is 1. The number of phenols is 2. The predicted molar refractivity (Wildman–Crippen MR) is 302 cm³/mol. The molecule has 0 unspecified atom stereocenters. The Morgan fingerprint density at radius 2 is 1.04 bits per heavy atom. The minimum Gasteiger partial charge on any atom is -0.507 e. The van der Waals surface area contributed by atoms with Crippen LogP contribution in [0.25, 0.3) is 0 Å². The normalized spacial score (nSPS) is 15.5.